The Morgan fingerprint density at radius 3 is 2.26 bits per heavy atom. The molecule has 4 bridgehead atoms. The Balaban J connectivity index is 1.60. The Kier molecular flexibility index (Phi) is 3.14. The van der Waals surface area contributed by atoms with Crippen LogP contribution in [0.25, 0.3) is 0 Å². The topological polar surface area (TPSA) is 57.2 Å². The Morgan fingerprint density at radius 1 is 1.09 bits per heavy atom. The van der Waals surface area contributed by atoms with Crippen molar-refractivity contribution in [3.63, 3.8) is 0 Å². The fraction of sp³-hybridized carbons (Fsp3) is 0.875. The Bertz CT molecular complexity index is 656. The van der Waals surface area contributed by atoms with Gasteiger partial charge in [0.05, 0.1) is 0 Å². The zero-order valence-electron chi connectivity index (χ0n) is 12.8. The maximum atomic E-state index is 13.3. The molecule has 0 aromatic heterocycles. The van der Waals surface area contributed by atoms with Crippen molar-refractivity contribution in [3.8, 4) is 0 Å². The van der Waals surface area contributed by atoms with Crippen molar-refractivity contribution >= 4 is 10.1 Å². The molecule has 130 valence electrons. The van der Waals surface area contributed by atoms with E-state index in [0.717, 1.165) is 12.8 Å². The summed E-state index contributed by atoms with van der Waals surface area (Å²) in [4.78, 5) is 0. The fourth-order valence-corrected chi connectivity index (χ4v) is 6.95. The largest absolute Gasteiger partial charge is 0.747 e. The summed E-state index contributed by atoms with van der Waals surface area (Å²) in [5.74, 6) is 2.24. The van der Waals surface area contributed by atoms with E-state index in [1.54, 1.807) is 0 Å². The number of fused-ring (bicyclic) bond motifs is 9. The molecule has 3 nitrogen and oxygen atoms in total. The Labute approximate surface area is 134 Å². The monoisotopic (exact) mass is 349 g/mol. The van der Waals surface area contributed by atoms with Gasteiger partial charge in [0.1, 0.15) is 10.1 Å². The van der Waals surface area contributed by atoms with Crippen molar-refractivity contribution in [1.82, 2.24) is 0 Å². The summed E-state index contributed by atoms with van der Waals surface area (Å²) in [5, 5.41) is 0. The summed E-state index contributed by atoms with van der Waals surface area (Å²) in [6, 6.07) is 0. The number of rotatable bonds is 3. The van der Waals surface area contributed by atoms with Crippen LogP contribution in [0, 0.1) is 41.4 Å². The standard InChI is InChI=1S/C16H21F3O3S/c1-15(16(17,18)19,23(20,21)22)7-11-5-10-6-12(11)14-9-3-2-8(4-9)13(10)14/h2-3,8-14H,4-7H2,1H3,(H,20,21,22)/p-1. The van der Waals surface area contributed by atoms with Gasteiger partial charge >= 0.3 is 6.18 Å². The molecular formula is C16H20F3O3S-. The summed E-state index contributed by atoms with van der Waals surface area (Å²) >= 11 is 0. The van der Waals surface area contributed by atoms with Gasteiger partial charge in [-0.1, -0.05) is 12.2 Å². The minimum atomic E-state index is -5.45. The normalized spacial score (nSPS) is 47.1. The van der Waals surface area contributed by atoms with Crippen LogP contribution in [0.15, 0.2) is 12.2 Å². The highest BCUT2D eigenvalue weighted by atomic mass is 32.2. The molecule has 0 aromatic rings. The maximum absolute atomic E-state index is 13.3. The predicted octanol–water partition coefficient (Wildman–Crippen LogP) is 3.34. The van der Waals surface area contributed by atoms with Crippen molar-refractivity contribution in [2.24, 2.45) is 41.4 Å². The third-order valence-corrected chi connectivity index (χ3v) is 8.71. The molecular weight excluding hydrogens is 329 g/mol. The maximum Gasteiger partial charge on any atom is 0.406 e. The second-order valence-corrected chi connectivity index (χ2v) is 9.95. The molecule has 4 rings (SSSR count). The minimum absolute atomic E-state index is 0.147. The second-order valence-electron chi connectivity index (χ2n) is 8.15. The van der Waals surface area contributed by atoms with E-state index in [2.05, 4.69) is 12.2 Å². The van der Waals surface area contributed by atoms with Crippen LogP contribution in [-0.4, -0.2) is 23.9 Å². The lowest BCUT2D eigenvalue weighted by atomic mass is 9.67. The number of hydrogen-bond acceptors (Lipinski definition) is 3. The summed E-state index contributed by atoms with van der Waals surface area (Å²) in [6.07, 6.45) is 1.49. The fourth-order valence-electron chi connectivity index (χ4n) is 6.25. The molecule has 23 heavy (non-hydrogen) atoms. The molecule has 0 amide bonds. The molecule has 7 heteroatoms. The first-order valence-electron chi connectivity index (χ1n) is 8.23. The van der Waals surface area contributed by atoms with Gasteiger partial charge in [0.2, 0.25) is 0 Å². The van der Waals surface area contributed by atoms with Gasteiger partial charge in [0.15, 0.2) is 4.75 Å². The quantitative estimate of drug-likeness (QED) is 0.446. The van der Waals surface area contributed by atoms with Gasteiger partial charge in [0.25, 0.3) is 0 Å². The third kappa shape index (κ3) is 2.01. The van der Waals surface area contributed by atoms with E-state index >= 15 is 0 Å². The van der Waals surface area contributed by atoms with Gasteiger partial charge < -0.3 is 4.55 Å². The van der Waals surface area contributed by atoms with Crippen LogP contribution in [0.3, 0.4) is 0 Å². The van der Waals surface area contributed by atoms with Crippen LogP contribution in [0.5, 0.6) is 0 Å². The SMILES string of the molecule is CC(CC1CC2CC1C1C3C=CC(C3)C21)(C(F)(F)F)S(=O)(=O)[O-]. The first-order valence-corrected chi connectivity index (χ1v) is 9.64. The van der Waals surface area contributed by atoms with Gasteiger partial charge in [0, 0.05) is 0 Å². The van der Waals surface area contributed by atoms with E-state index in [4.69, 9.17) is 0 Å². The van der Waals surface area contributed by atoms with Gasteiger partial charge in [-0.15, -0.1) is 0 Å². The average Bonchev–Trinajstić information content (AvgIpc) is 3.14. The molecule has 3 fully saturated rings. The molecule has 0 saturated heterocycles. The molecule has 0 radical (unpaired) electrons. The number of halogens is 3. The second kappa shape index (κ2) is 4.54. The van der Waals surface area contributed by atoms with E-state index in [1.165, 1.54) is 0 Å². The lowest BCUT2D eigenvalue weighted by Gasteiger charge is -2.42. The molecule has 0 heterocycles. The van der Waals surface area contributed by atoms with Crippen LogP contribution in [0.2, 0.25) is 0 Å². The highest BCUT2D eigenvalue weighted by Gasteiger charge is 2.64. The Hall–Kier alpha value is -0.560. The molecule has 0 aliphatic heterocycles. The van der Waals surface area contributed by atoms with Crippen LogP contribution >= 0.6 is 0 Å². The summed E-state index contributed by atoms with van der Waals surface area (Å²) in [7, 11) is -5.45. The third-order valence-electron chi connectivity index (χ3n) is 7.21. The van der Waals surface area contributed by atoms with Gasteiger partial charge in [-0.05, 0) is 74.0 Å². The lowest BCUT2D eigenvalue weighted by molar-refractivity contribution is -0.164. The molecule has 0 spiro atoms. The van der Waals surface area contributed by atoms with E-state index in [0.29, 0.717) is 42.9 Å². The van der Waals surface area contributed by atoms with Crippen molar-refractivity contribution in [2.45, 2.75) is 43.5 Å². The van der Waals surface area contributed by atoms with Crippen molar-refractivity contribution in [1.29, 1.82) is 0 Å². The number of hydrogen-bond donors (Lipinski definition) is 0. The van der Waals surface area contributed by atoms with Gasteiger partial charge in [-0.2, -0.15) is 13.2 Å². The zero-order valence-corrected chi connectivity index (χ0v) is 13.6. The summed E-state index contributed by atoms with van der Waals surface area (Å²) < 4.78 is 70.9. The first-order chi connectivity index (χ1) is 10.5. The number of alkyl halides is 3. The van der Waals surface area contributed by atoms with E-state index in [-0.39, 0.29) is 11.8 Å². The van der Waals surface area contributed by atoms with Gasteiger partial charge in [-0.25, -0.2) is 8.42 Å². The summed E-state index contributed by atoms with van der Waals surface area (Å²) in [6.45, 7) is 0.569. The smallest absolute Gasteiger partial charge is 0.406 e. The highest BCUT2D eigenvalue weighted by molar-refractivity contribution is 7.87. The first kappa shape index (κ1) is 15.9. The average molecular weight is 349 g/mol. The molecule has 4 aliphatic carbocycles. The van der Waals surface area contributed by atoms with Crippen LogP contribution in [0.4, 0.5) is 13.2 Å². The Morgan fingerprint density at radius 2 is 1.70 bits per heavy atom. The molecule has 8 unspecified atom stereocenters. The lowest BCUT2D eigenvalue weighted by Crippen LogP contribution is -2.51. The molecule has 3 saturated carbocycles. The van der Waals surface area contributed by atoms with Crippen molar-refractivity contribution in [2.75, 3.05) is 0 Å². The van der Waals surface area contributed by atoms with Crippen LogP contribution in [-0.2, 0) is 10.1 Å². The predicted molar refractivity (Wildman–Crippen MR) is 76.2 cm³/mol. The van der Waals surface area contributed by atoms with Crippen LogP contribution < -0.4 is 0 Å². The van der Waals surface area contributed by atoms with Crippen LogP contribution in [0.1, 0.15) is 32.6 Å². The van der Waals surface area contributed by atoms with E-state index in [1.807, 2.05) is 0 Å². The molecule has 0 N–H and O–H groups in total. The van der Waals surface area contributed by atoms with Gasteiger partial charge in [-0.3, -0.25) is 0 Å². The highest BCUT2D eigenvalue weighted by Crippen LogP contribution is 2.68. The molecule has 4 aliphatic rings. The molecule has 8 atom stereocenters. The van der Waals surface area contributed by atoms with E-state index in [9.17, 15) is 26.1 Å². The van der Waals surface area contributed by atoms with Crippen molar-refractivity contribution in [3.05, 3.63) is 12.2 Å². The minimum Gasteiger partial charge on any atom is -0.747 e. The van der Waals surface area contributed by atoms with Crippen molar-refractivity contribution < 1.29 is 26.1 Å². The molecule has 0 aromatic carbocycles. The number of allylic oxidation sites excluding steroid dienone is 2. The van der Waals surface area contributed by atoms with E-state index < -0.39 is 27.5 Å². The summed E-state index contributed by atoms with van der Waals surface area (Å²) in [5.41, 5.74) is 0. The zero-order chi connectivity index (χ0) is 16.8.